The molecule has 0 aromatic heterocycles. The van der Waals surface area contributed by atoms with Crippen molar-refractivity contribution in [1.82, 2.24) is 0 Å². The third kappa shape index (κ3) is 3.61. The Hall–Kier alpha value is -0.760. The van der Waals surface area contributed by atoms with Crippen LogP contribution in [0.1, 0.15) is 19.4 Å². The van der Waals surface area contributed by atoms with Crippen LogP contribution in [-0.2, 0) is 16.2 Å². The molecule has 18 heavy (non-hydrogen) atoms. The van der Waals surface area contributed by atoms with E-state index in [1.807, 2.05) is 0 Å². The molecule has 0 saturated heterocycles. The molecular weight excluding hydrogens is 335 g/mol. The molecule has 0 atom stereocenters. The van der Waals surface area contributed by atoms with Gasteiger partial charge in [-0.1, -0.05) is 0 Å². The molecule has 0 aliphatic carbocycles. The van der Waals surface area contributed by atoms with Crippen molar-refractivity contribution < 1.29 is 21.6 Å². The summed E-state index contributed by atoms with van der Waals surface area (Å²) in [5.41, 5.74) is -1.04. The maximum Gasteiger partial charge on any atom is 0.416 e. The van der Waals surface area contributed by atoms with E-state index in [1.165, 1.54) is 13.8 Å². The van der Waals surface area contributed by atoms with Gasteiger partial charge < -0.3 is 0 Å². The van der Waals surface area contributed by atoms with Gasteiger partial charge >= 0.3 is 6.18 Å². The lowest BCUT2D eigenvalue weighted by molar-refractivity contribution is -0.137. The normalized spacial score (nSPS) is 12.8. The first-order valence-corrected chi connectivity index (χ1v) is 7.26. The summed E-state index contributed by atoms with van der Waals surface area (Å²) < 4.78 is 63.1. The number of nitrogens with one attached hydrogen (secondary N) is 1. The fourth-order valence-corrected chi connectivity index (χ4v) is 2.24. The summed E-state index contributed by atoms with van der Waals surface area (Å²) in [4.78, 5) is 0. The smallest absolute Gasteiger partial charge is 0.282 e. The molecule has 8 heteroatoms. The number of alkyl halides is 3. The molecule has 0 aliphatic rings. The molecule has 0 saturated carbocycles. The van der Waals surface area contributed by atoms with Crippen molar-refractivity contribution >= 4 is 31.6 Å². The lowest BCUT2D eigenvalue weighted by Crippen LogP contribution is -2.23. The molecule has 0 spiro atoms. The SMILES string of the molecule is CC(C)S(=O)(=O)Nc1cc(C(F)(F)F)ccc1Br. The zero-order chi connectivity index (χ0) is 14.1. The summed E-state index contributed by atoms with van der Waals surface area (Å²) in [5, 5.41) is -0.737. The fraction of sp³-hybridized carbons (Fsp3) is 0.400. The first kappa shape index (κ1) is 15.3. The molecule has 0 aliphatic heterocycles. The molecule has 1 aromatic carbocycles. The van der Waals surface area contributed by atoms with Crippen LogP contribution in [0, 0.1) is 0 Å². The zero-order valence-electron chi connectivity index (χ0n) is 9.55. The van der Waals surface area contributed by atoms with Crippen LogP contribution < -0.4 is 4.72 Å². The second-order valence-corrected chi connectivity index (χ2v) is 6.98. The molecule has 0 radical (unpaired) electrons. The minimum absolute atomic E-state index is 0.126. The van der Waals surface area contributed by atoms with Crippen LogP contribution in [0.3, 0.4) is 0 Å². The molecule has 0 fully saturated rings. The highest BCUT2D eigenvalue weighted by Gasteiger charge is 2.31. The number of rotatable bonds is 3. The molecule has 102 valence electrons. The predicted molar refractivity (Wildman–Crippen MR) is 66.8 cm³/mol. The summed E-state index contributed by atoms with van der Waals surface area (Å²) >= 11 is 3.00. The van der Waals surface area contributed by atoms with Crippen LogP contribution in [0.2, 0.25) is 0 Å². The van der Waals surface area contributed by atoms with Gasteiger partial charge in [0.1, 0.15) is 0 Å². The number of hydrogen-bond donors (Lipinski definition) is 1. The average molecular weight is 346 g/mol. The molecule has 1 N–H and O–H groups in total. The van der Waals surface area contributed by atoms with Gasteiger partial charge in [-0.3, -0.25) is 4.72 Å². The van der Waals surface area contributed by atoms with E-state index in [0.29, 0.717) is 0 Å². The van der Waals surface area contributed by atoms with Gasteiger partial charge in [-0.25, -0.2) is 8.42 Å². The molecule has 0 amide bonds. The number of anilines is 1. The van der Waals surface area contributed by atoms with Gasteiger partial charge in [0.15, 0.2) is 0 Å². The summed E-state index contributed by atoms with van der Waals surface area (Å²) in [6.07, 6.45) is -4.52. The first-order chi connectivity index (χ1) is 8.04. The van der Waals surface area contributed by atoms with E-state index in [0.717, 1.165) is 18.2 Å². The van der Waals surface area contributed by atoms with Crippen molar-refractivity contribution in [3.05, 3.63) is 28.2 Å². The molecule has 1 rings (SSSR count). The van der Waals surface area contributed by atoms with Gasteiger partial charge in [0.05, 0.1) is 16.5 Å². The van der Waals surface area contributed by atoms with Crippen molar-refractivity contribution in [3.8, 4) is 0 Å². The van der Waals surface area contributed by atoms with E-state index in [4.69, 9.17) is 0 Å². The van der Waals surface area contributed by atoms with Gasteiger partial charge in [0.25, 0.3) is 0 Å². The molecule has 0 unspecified atom stereocenters. The molecule has 0 bridgehead atoms. The molecule has 0 heterocycles. The van der Waals surface area contributed by atoms with Gasteiger partial charge in [-0.05, 0) is 48.0 Å². The van der Waals surface area contributed by atoms with Crippen molar-refractivity contribution in [2.45, 2.75) is 25.3 Å². The number of benzene rings is 1. The zero-order valence-corrected chi connectivity index (χ0v) is 11.9. The number of halogens is 4. The van der Waals surface area contributed by atoms with E-state index >= 15 is 0 Å². The van der Waals surface area contributed by atoms with Crippen LogP contribution in [-0.4, -0.2) is 13.7 Å². The van der Waals surface area contributed by atoms with Crippen LogP contribution in [0.5, 0.6) is 0 Å². The summed E-state index contributed by atoms with van der Waals surface area (Å²) in [7, 11) is -3.68. The van der Waals surface area contributed by atoms with E-state index in [2.05, 4.69) is 20.7 Å². The fourth-order valence-electron chi connectivity index (χ4n) is 1.05. The lowest BCUT2D eigenvalue weighted by Gasteiger charge is -2.14. The highest BCUT2D eigenvalue weighted by atomic mass is 79.9. The number of hydrogen-bond acceptors (Lipinski definition) is 2. The Kier molecular flexibility index (Phi) is 4.32. The van der Waals surface area contributed by atoms with Gasteiger partial charge in [0.2, 0.25) is 10.0 Å². The molecule has 1 aromatic rings. The molecular formula is C10H11BrF3NO2S. The highest BCUT2D eigenvalue weighted by molar-refractivity contribution is 9.10. The molecule has 3 nitrogen and oxygen atoms in total. The van der Waals surface area contributed by atoms with Crippen molar-refractivity contribution in [3.63, 3.8) is 0 Å². The van der Waals surface area contributed by atoms with Crippen LogP contribution >= 0.6 is 15.9 Å². The third-order valence-corrected chi connectivity index (χ3v) is 4.60. The summed E-state index contributed by atoms with van der Waals surface area (Å²) in [5.74, 6) is 0. The predicted octanol–water partition coefficient (Wildman–Crippen LogP) is 3.62. The minimum Gasteiger partial charge on any atom is -0.282 e. The summed E-state index contributed by atoms with van der Waals surface area (Å²) in [6, 6.07) is 2.78. The standard InChI is InChI=1S/C10H11BrF3NO2S/c1-6(2)18(16,17)15-9-5-7(10(12,13)14)3-4-8(9)11/h3-6,15H,1-2H3. The Morgan fingerprint density at radius 1 is 1.28 bits per heavy atom. The minimum atomic E-state index is -4.52. The Morgan fingerprint density at radius 3 is 2.28 bits per heavy atom. The Bertz CT molecular complexity index is 541. The van der Waals surface area contributed by atoms with E-state index < -0.39 is 27.0 Å². The second-order valence-electron chi connectivity index (χ2n) is 3.89. The van der Waals surface area contributed by atoms with Crippen LogP contribution in [0.25, 0.3) is 0 Å². The maximum atomic E-state index is 12.5. The van der Waals surface area contributed by atoms with E-state index in [9.17, 15) is 21.6 Å². The van der Waals surface area contributed by atoms with Crippen molar-refractivity contribution in [2.24, 2.45) is 0 Å². The largest absolute Gasteiger partial charge is 0.416 e. The first-order valence-electron chi connectivity index (χ1n) is 4.92. The van der Waals surface area contributed by atoms with Crippen molar-refractivity contribution in [1.29, 1.82) is 0 Å². The second kappa shape index (κ2) is 5.08. The van der Waals surface area contributed by atoms with E-state index in [1.54, 1.807) is 0 Å². The quantitative estimate of drug-likeness (QED) is 0.909. The Morgan fingerprint density at radius 2 is 1.83 bits per heavy atom. The third-order valence-electron chi connectivity index (χ3n) is 2.17. The van der Waals surface area contributed by atoms with Crippen molar-refractivity contribution in [2.75, 3.05) is 4.72 Å². The monoisotopic (exact) mass is 345 g/mol. The Balaban J connectivity index is 3.18. The van der Waals surface area contributed by atoms with Gasteiger partial charge in [-0.2, -0.15) is 13.2 Å². The Labute approximate surface area is 112 Å². The number of sulfonamides is 1. The van der Waals surface area contributed by atoms with E-state index in [-0.39, 0.29) is 10.2 Å². The van der Waals surface area contributed by atoms with Crippen LogP contribution in [0.4, 0.5) is 18.9 Å². The lowest BCUT2D eigenvalue weighted by atomic mass is 10.2. The topological polar surface area (TPSA) is 46.2 Å². The maximum absolute atomic E-state index is 12.5. The van der Waals surface area contributed by atoms with Gasteiger partial charge in [0, 0.05) is 4.47 Å². The van der Waals surface area contributed by atoms with Gasteiger partial charge in [-0.15, -0.1) is 0 Å². The average Bonchev–Trinajstić information content (AvgIpc) is 2.19. The summed E-state index contributed by atoms with van der Waals surface area (Å²) in [6.45, 7) is 2.87. The highest BCUT2D eigenvalue weighted by Crippen LogP contribution is 2.34. The van der Waals surface area contributed by atoms with Crippen LogP contribution in [0.15, 0.2) is 22.7 Å².